The molecule has 1 saturated carbocycles. The van der Waals surface area contributed by atoms with Gasteiger partial charge in [0.1, 0.15) is 5.69 Å². The van der Waals surface area contributed by atoms with E-state index in [0.29, 0.717) is 0 Å². The molecule has 1 unspecified atom stereocenters. The molecular weight excluding hydrogens is 359 g/mol. The molecule has 3 rings (SSSR count). The predicted molar refractivity (Wildman–Crippen MR) is 82.1 cm³/mol. The maximum atomic E-state index is 12.5. The lowest BCUT2D eigenvalue weighted by Crippen LogP contribution is -2.20. The zero-order valence-corrected chi connectivity index (χ0v) is 13.8. The van der Waals surface area contributed by atoms with Crippen molar-refractivity contribution >= 4 is 16.6 Å². The molecule has 0 saturated heterocycles. The summed E-state index contributed by atoms with van der Waals surface area (Å²) in [6, 6.07) is 2.73. The van der Waals surface area contributed by atoms with Crippen molar-refractivity contribution < 1.29 is 26.7 Å². The van der Waals surface area contributed by atoms with Crippen LogP contribution in [0.2, 0.25) is 0 Å². The van der Waals surface area contributed by atoms with E-state index in [1.807, 2.05) is 0 Å². The number of hydrogen-bond acceptors (Lipinski definition) is 6. The highest BCUT2D eigenvalue weighted by atomic mass is 32.2. The highest BCUT2D eigenvalue weighted by molar-refractivity contribution is 7.86. The minimum atomic E-state index is -4.72. The number of nitrogens with zero attached hydrogens (tertiary/aromatic N) is 3. The van der Waals surface area contributed by atoms with Crippen molar-refractivity contribution in [1.82, 2.24) is 15.1 Å². The zero-order chi connectivity index (χ0) is 18.0. The van der Waals surface area contributed by atoms with E-state index in [9.17, 15) is 22.2 Å². The second-order valence-corrected chi connectivity index (χ2v) is 7.42. The molecule has 0 spiro atoms. The summed E-state index contributed by atoms with van der Waals surface area (Å²) in [6.07, 6.45) is 0.261. The maximum Gasteiger partial charge on any atom is 0.471 e. The highest BCUT2D eigenvalue weighted by Gasteiger charge is 2.38. The first-order chi connectivity index (χ1) is 11.8. The van der Waals surface area contributed by atoms with Crippen molar-refractivity contribution in [3.63, 3.8) is 0 Å². The molecular formula is C15H14F3N3O3S. The second-order valence-electron chi connectivity index (χ2n) is 5.71. The quantitative estimate of drug-likeness (QED) is 0.749. The van der Waals surface area contributed by atoms with Gasteiger partial charge in [-0.25, -0.2) is 0 Å². The van der Waals surface area contributed by atoms with Gasteiger partial charge in [0.15, 0.2) is 5.78 Å². The molecule has 0 aromatic carbocycles. The highest BCUT2D eigenvalue weighted by Crippen LogP contribution is 2.29. The van der Waals surface area contributed by atoms with E-state index in [4.69, 9.17) is 0 Å². The first kappa shape index (κ1) is 17.7. The van der Waals surface area contributed by atoms with Crippen LogP contribution in [-0.2, 0) is 17.0 Å². The van der Waals surface area contributed by atoms with E-state index in [1.165, 1.54) is 18.3 Å². The zero-order valence-electron chi connectivity index (χ0n) is 13.0. The Balaban J connectivity index is 1.68. The molecule has 0 N–H and O–H groups in total. The Morgan fingerprint density at radius 2 is 2.00 bits per heavy atom. The Labute approximate surface area is 143 Å². The molecule has 2 heterocycles. The molecule has 1 atom stereocenters. The van der Waals surface area contributed by atoms with Crippen molar-refractivity contribution in [3.05, 3.63) is 29.9 Å². The van der Waals surface area contributed by atoms with Gasteiger partial charge >= 0.3 is 12.1 Å². The Bertz CT molecular complexity index is 783. The van der Waals surface area contributed by atoms with Crippen LogP contribution in [0.1, 0.15) is 42.1 Å². The fourth-order valence-corrected chi connectivity index (χ4v) is 4.12. The topological polar surface area (TPSA) is 86.0 Å². The molecule has 2 aromatic heterocycles. The number of pyridine rings is 1. The summed E-state index contributed by atoms with van der Waals surface area (Å²) in [7, 11) is -1.23. The van der Waals surface area contributed by atoms with Gasteiger partial charge in [-0.2, -0.15) is 18.2 Å². The third-order valence-corrected chi connectivity index (χ3v) is 5.68. The number of rotatable bonds is 5. The van der Waals surface area contributed by atoms with Crippen LogP contribution in [-0.4, -0.2) is 36.1 Å². The first-order valence-corrected chi connectivity index (χ1v) is 9.00. The minimum Gasteiger partial charge on any atom is -0.329 e. The first-order valence-electron chi connectivity index (χ1n) is 7.62. The van der Waals surface area contributed by atoms with Gasteiger partial charge in [0.05, 0.1) is 5.75 Å². The number of hydrogen-bond donors (Lipinski definition) is 0. The molecule has 6 nitrogen and oxygen atoms in total. The molecule has 25 heavy (non-hydrogen) atoms. The molecule has 10 heteroatoms. The minimum absolute atomic E-state index is 0.0587. The monoisotopic (exact) mass is 373 g/mol. The maximum absolute atomic E-state index is 12.5. The number of aromatic nitrogens is 3. The number of carbonyl (C=O) groups is 1. The summed E-state index contributed by atoms with van der Waals surface area (Å²) in [5.41, 5.74) is 0.294. The summed E-state index contributed by atoms with van der Waals surface area (Å²) in [6.45, 7) is 0. The standard InChI is InChI=1S/C15H14F3N3O3S/c16-15(17,18)14-20-13(21-24-14)9-5-6-11(19-7-9)12(22)8-25(23)10-3-1-2-4-10/h5-7,10H,1-4,8H2. The van der Waals surface area contributed by atoms with Gasteiger partial charge in [-0.05, 0) is 25.0 Å². The van der Waals surface area contributed by atoms with Crippen LogP contribution in [0.5, 0.6) is 0 Å². The van der Waals surface area contributed by atoms with E-state index in [1.54, 1.807) is 0 Å². The van der Waals surface area contributed by atoms with E-state index in [2.05, 4.69) is 19.6 Å². The van der Waals surface area contributed by atoms with E-state index >= 15 is 0 Å². The van der Waals surface area contributed by atoms with E-state index < -0.39 is 22.9 Å². The smallest absolute Gasteiger partial charge is 0.329 e. The summed E-state index contributed by atoms with van der Waals surface area (Å²) in [5, 5.41) is 3.31. The lowest BCUT2D eigenvalue weighted by atomic mass is 10.2. The average Bonchev–Trinajstić information content (AvgIpc) is 3.26. The Kier molecular flexibility index (Phi) is 4.98. The Morgan fingerprint density at radius 3 is 2.56 bits per heavy atom. The Morgan fingerprint density at radius 1 is 1.28 bits per heavy atom. The second kappa shape index (κ2) is 7.03. The van der Waals surface area contributed by atoms with Crippen molar-refractivity contribution in [2.45, 2.75) is 37.1 Å². The lowest BCUT2D eigenvalue weighted by Gasteiger charge is -2.08. The van der Waals surface area contributed by atoms with Crippen LogP contribution in [0, 0.1) is 0 Å². The average molecular weight is 373 g/mol. The molecule has 134 valence electrons. The van der Waals surface area contributed by atoms with Gasteiger partial charge in [-0.15, -0.1) is 0 Å². The summed E-state index contributed by atoms with van der Waals surface area (Å²) < 4.78 is 53.6. The number of halogens is 3. The molecule has 0 bridgehead atoms. The van der Waals surface area contributed by atoms with E-state index in [-0.39, 0.29) is 33.9 Å². The van der Waals surface area contributed by atoms with Crippen LogP contribution in [0.3, 0.4) is 0 Å². The fraction of sp³-hybridized carbons (Fsp3) is 0.467. The van der Waals surface area contributed by atoms with Crippen LogP contribution in [0.15, 0.2) is 22.9 Å². The summed E-state index contributed by atoms with van der Waals surface area (Å²) >= 11 is 0. The molecule has 1 aliphatic carbocycles. The molecule has 2 aromatic rings. The van der Waals surface area contributed by atoms with Crippen LogP contribution >= 0.6 is 0 Å². The predicted octanol–water partition coefficient (Wildman–Crippen LogP) is 3.02. The van der Waals surface area contributed by atoms with Gasteiger partial charge in [0.25, 0.3) is 0 Å². The summed E-state index contributed by atoms with van der Waals surface area (Å²) in [4.78, 5) is 19.3. The Hall–Kier alpha value is -2.10. The fourth-order valence-electron chi connectivity index (χ4n) is 2.62. The van der Waals surface area contributed by atoms with Gasteiger partial charge in [-0.1, -0.05) is 18.0 Å². The van der Waals surface area contributed by atoms with Gasteiger partial charge in [0, 0.05) is 27.8 Å². The van der Waals surface area contributed by atoms with Gasteiger partial charge in [-0.3, -0.25) is 14.0 Å². The van der Waals surface area contributed by atoms with Crippen molar-refractivity contribution in [2.75, 3.05) is 5.75 Å². The normalized spacial score (nSPS) is 16.9. The molecule has 0 radical (unpaired) electrons. The van der Waals surface area contributed by atoms with Crippen molar-refractivity contribution in [1.29, 1.82) is 0 Å². The number of alkyl halides is 3. The van der Waals surface area contributed by atoms with Crippen LogP contribution in [0.25, 0.3) is 11.4 Å². The van der Waals surface area contributed by atoms with Crippen molar-refractivity contribution in [3.8, 4) is 11.4 Å². The largest absolute Gasteiger partial charge is 0.471 e. The van der Waals surface area contributed by atoms with Crippen LogP contribution < -0.4 is 0 Å². The summed E-state index contributed by atoms with van der Waals surface area (Å²) in [5.74, 6) is -2.18. The molecule has 0 amide bonds. The van der Waals surface area contributed by atoms with Crippen LogP contribution in [0.4, 0.5) is 13.2 Å². The third-order valence-electron chi connectivity index (χ3n) is 3.92. The number of Topliss-reactive ketones (excluding diaryl/α,β-unsaturated/α-hetero) is 1. The van der Waals surface area contributed by atoms with Gasteiger partial charge in [0.2, 0.25) is 5.82 Å². The van der Waals surface area contributed by atoms with Gasteiger partial charge < -0.3 is 4.52 Å². The number of carbonyl (C=O) groups excluding carboxylic acids is 1. The third kappa shape index (κ3) is 4.12. The number of ketones is 1. The SMILES string of the molecule is O=C(CS(=O)C1CCCC1)c1ccc(-c2noc(C(F)(F)F)n2)cn1. The van der Waals surface area contributed by atoms with E-state index in [0.717, 1.165) is 25.7 Å². The molecule has 1 fully saturated rings. The van der Waals surface area contributed by atoms with Crippen molar-refractivity contribution in [2.24, 2.45) is 0 Å². The molecule has 1 aliphatic rings. The molecule has 0 aliphatic heterocycles. The lowest BCUT2D eigenvalue weighted by molar-refractivity contribution is -0.159.